The SMILES string of the molecule is CCn1cc(NC(=O)[C@H]2CC(=O)N(C)[C@@H]2c2cccc(Cl)c2)cn1. The Hall–Kier alpha value is -2.34. The molecule has 1 N–H and O–H groups in total. The van der Waals surface area contributed by atoms with Gasteiger partial charge in [0.15, 0.2) is 0 Å². The quantitative estimate of drug-likeness (QED) is 0.925. The highest BCUT2D eigenvalue weighted by atomic mass is 35.5. The molecule has 1 aromatic heterocycles. The van der Waals surface area contributed by atoms with E-state index in [2.05, 4.69) is 10.4 Å². The molecule has 24 heavy (non-hydrogen) atoms. The summed E-state index contributed by atoms with van der Waals surface area (Å²) in [4.78, 5) is 26.5. The first-order valence-electron chi connectivity index (χ1n) is 7.84. The Morgan fingerprint density at radius 1 is 1.46 bits per heavy atom. The van der Waals surface area contributed by atoms with E-state index in [1.165, 1.54) is 0 Å². The van der Waals surface area contributed by atoms with Crippen LogP contribution in [0.15, 0.2) is 36.7 Å². The number of halogens is 1. The molecule has 7 heteroatoms. The molecule has 126 valence electrons. The lowest BCUT2D eigenvalue weighted by atomic mass is 9.93. The zero-order valence-electron chi connectivity index (χ0n) is 13.6. The van der Waals surface area contributed by atoms with Crippen molar-refractivity contribution in [2.45, 2.75) is 25.9 Å². The van der Waals surface area contributed by atoms with Crippen LogP contribution in [0.5, 0.6) is 0 Å². The van der Waals surface area contributed by atoms with Gasteiger partial charge in [-0.3, -0.25) is 14.3 Å². The van der Waals surface area contributed by atoms with Crippen molar-refractivity contribution in [3.8, 4) is 0 Å². The minimum absolute atomic E-state index is 0.0515. The topological polar surface area (TPSA) is 67.2 Å². The van der Waals surface area contributed by atoms with E-state index in [4.69, 9.17) is 11.6 Å². The molecule has 0 radical (unpaired) electrons. The van der Waals surface area contributed by atoms with Crippen LogP contribution in [0.25, 0.3) is 0 Å². The summed E-state index contributed by atoms with van der Waals surface area (Å²) >= 11 is 6.07. The van der Waals surface area contributed by atoms with Gasteiger partial charge in [0, 0.05) is 31.2 Å². The third-order valence-electron chi connectivity index (χ3n) is 4.34. The Bertz CT molecular complexity index is 773. The van der Waals surface area contributed by atoms with Crippen molar-refractivity contribution in [3.05, 3.63) is 47.2 Å². The molecule has 1 aliphatic rings. The number of likely N-dealkylation sites (tertiary alicyclic amines) is 1. The number of nitrogens with zero attached hydrogens (tertiary/aromatic N) is 3. The van der Waals surface area contributed by atoms with E-state index < -0.39 is 5.92 Å². The van der Waals surface area contributed by atoms with Gasteiger partial charge in [0.1, 0.15) is 0 Å². The molecule has 6 nitrogen and oxygen atoms in total. The molecule has 0 bridgehead atoms. The second kappa shape index (κ2) is 6.65. The number of anilines is 1. The summed E-state index contributed by atoms with van der Waals surface area (Å²) in [5.74, 6) is -0.705. The van der Waals surface area contributed by atoms with Crippen LogP contribution in [0.4, 0.5) is 5.69 Å². The average Bonchev–Trinajstić information content (AvgIpc) is 3.12. The highest BCUT2D eigenvalue weighted by molar-refractivity contribution is 6.30. The first kappa shape index (κ1) is 16.5. The van der Waals surface area contributed by atoms with Gasteiger partial charge in [-0.1, -0.05) is 23.7 Å². The Morgan fingerprint density at radius 3 is 2.92 bits per heavy atom. The molecular weight excluding hydrogens is 328 g/mol. The van der Waals surface area contributed by atoms with Crippen LogP contribution in [-0.4, -0.2) is 33.5 Å². The van der Waals surface area contributed by atoms with Gasteiger partial charge in [-0.05, 0) is 24.6 Å². The number of rotatable bonds is 4. The lowest BCUT2D eigenvalue weighted by molar-refractivity contribution is -0.127. The lowest BCUT2D eigenvalue weighted by Gasteiger charge is -2.25. The maximum absolute atomic E-state index is 12.7. The van der Waals surface area contributed by atoms with Crippen molar-refractivity contribution in [2.75, 3.05) is 12.4 Å². The molecule has 0 spiro atoms. The van der Waals surface area contributed by atoms with Crippen LogP contribution in [0, 0.1) is 5.92 Å². The number of amides is 2. The van der Waals surface area contributed by atoms with Crippen molar-refractivity contribution in [1.82, 2.24) is 14.7 Å². The normalized spacial score (nSPS) is 20.5. The Balaban J connectivity index is 1.84. The minimum Gasteiger partial charge on any atom is -0.338 e. The number of carbonyl (C=O) groups excluding carboxylic acids is 2. The van der Waals surface area contributed by atoms with Gasteiger partial charge in [0.2, 0.25) is 11.8 Å². The Kier molecular flexibility index (Phi) is 4.57. The molecule has 2 amide bonds. The molecule has 0 unspecified atom stereocenters. The smallest absolute Gasteiger partial charge is 0.230 e. The van der Waals surface area contributed by atoms with E-state index in [9.17, 15) is 9.59 Å². The van der Waals surface area contributed by atoms with E-state index in [0.29, 0.717) is 10.7 Å². The highest BCUT2D eigenvalue weighted by Crippen LogP contribution is 2.38. The van der Waals surface area contributed by atoms with E-state index in [1.807, 2.05) is 19.1 Å². The molecule has 1 aliphatic heterocycles. The molecule has 2 atom stereocenters. The van der Waals surface area contributed by atoms with Crippen LogP contribution >= 0.6 is 11.6 Å². The summed E-state index contributed by atoms with van der Waals surface area (Å²) in [6, 6.07) is 6.97. The van der Waals surface area contributed by atoms with Crippen LogP contribution in [0.2, 0.25) is 5.02 Å². The molecular formula is C17H19ClN4O2. The number of carbonyl (C=O) groups is 2. The largest absolute Gasteiger partial charge is 0.338 e. The summed E-state index contributed by atoms with van der Waals surface area (Å²) in [5, 5.41) is 7.59. The molecule has 1 aromatic carbocycles. The maximum atomic E-state index is 12.7. The van der Waals surface area contributed by atoms with E-state index in [1.54, 1.807) is 41.2 Å². The van der Waals surface area contributed by atoms with E-state index in [-0.39, 0.29) is 24.3 Å². The predicted octanol–water partition coefficient (Wildman–Crippen LogP) is 2.71. The zero-order valence-corrected chi connectivity index (χ0v) is 14.3. The second-order valence-electron chi connectivity index (χ2n) is 5.89. The van der Waals surface area contributed by atoms with Gasteiger partial charge in [0.25, 0.3) is 0 Å². The number of hydrogen-bond acceptors (Lipinski definition) is 3. The van der Waals surface area contributed by atoms with Gasteiger partial charge in [-0.2, -0.15) is 5.10 Å². The average molecular weight is 347 g/mol. The highest BCUT2D eigenvalue weighted by Gasteiger charge is 2.42. The van der Waals surface area contributed by atoms with Crippen LogP contribution < -0.4 is 5.32 Å². The molecule has 3 rings (SSSR count). The fourth-order valence-corrected chi connectivity index (χ4v) is 3.29. The summed E-state index contributed by atoms with van der Waals surface area (Å²) in [6.07, 6.45) is 3.56. The lowest BCUT2D eigenvalue weighted by Crippen LogP contribution is -2.29. The van der Waals surface area contributed by atoms with Crippen LogP contribution in [0.3, 0.4) is 0 Å². The third kappa shape index (κ3) is 3.14. The monoisotopic (exact) mass is 346 g/mol. The standard InChI is InChI=1S/C17H19ClN4O2/c1-3-22-10-13(9-19-22)20-17(24)14-8-15(23)21(2)16(14)11-5-4-6-12(18)7-11/h4-7,9-10,14,16H,3,8H2,1-2H3,(H,20,24)/t14-,16+/m0/s1. The minimum atomic E-state index is -0.467. The summed E-state index contributed by atoms with van der Waals surface area (Å²) in [6.45, 7) is 2.70. The summed E-state index contributed by atoms with van der Waals surface area (Å²) in [7, 11) is 1.72. The first-order chi connectivity index (χ1) is 11.5. The Morgan fingerprint density at radius 2 is 2.25 bits per heavy atom. The fourth-order valence-electron chi connectivity index (χ4n) is 3.09. The number of nitrogens with one attached hydrogen (secondary N) is 1. The second-order valence-corrected chi connectivity index (χ2v) is 6.33. The number of benzene rings is 1. The van der Waals surface area contributed by atoms with Gasteiger partial charge in [0.05, 0.1) is 23.8 Å². The van der Waals surface area contributed by atoms with Gasteiger partial charge < -0.3 is 10.2 Å². The molecule has 1 saturated heterocycles. The summed E-state index contributed by atoms with van der Waals surface area (Å²) < 4.78 is 1.73. The predicted molar refractivity (Wildman–Crippen MR) is 91.6 cm³/mol. The first-order valence-corrected chi connectivity index (χ1v) is 8.22. The fraction of sp³-hybridized carbons (Fsp3) is 0.353. The van der Waals surface area contributed by atoms with Crippen molar-refractivity contribution >= 4 is 29.1 Å². The van der Waals surface area contributed by atoms with Crippen molar-refractivity contribution < 1.29 is 9.59 Å². The van der Waals surface area contributed by atoms with Gasteiger partial charge in [-0.25, -0.2) is 0 Å². The van der Waals surface area contributed by atoms with Gasteiger partial charge in [-0.15, -0.1) is 0 Å². The van der Waals surface area contributed by atoms with E-state index in [0.717, 1.165) is 12.1 Å². The summed E-state index contributed by atoms with van der Waals surface area (Å²) in [5.41, 5.74) is 1.49. The van der Waals surface area contributed by atoms with Gasteiger partial charge >= 0.3 is 0 Å². The number of aryl methyl sites for hydroxylation is 1. The zero-order chi connectivity index (χ0) is 17.3. The molecule has 1 fully saturated rings. The van der Waals surface area contributed by atoms with E-state index >= 15 is 0 Å². The molecule has 0 aliphatic carbocycles. The molecule has 2 aromatic rings. The Labute approximate surface area is 145 Å². The van der Waals surface area contributed by atoms with Crippen molar-refractivity contribution in [2.24, 2.45) is 5.92 Å². The van der Waals surface area contributed by atoms with Crippen LogP contribution in [-0.2, 0) is 16.1 Å². The van der Waals surface area contributed by atoms with Crippen LogP contribution in [0.1, 0.15) is 24.9 Å². The molecule has 2 heterocycles. The maximum Gasteiger partial charge on any atom is 0.230 e. The number of aromatic nitrogens is 2. The van der Waals surface area contributed by atoms with Crippen molar-refractivity contribution in [3.63, 3.8) is 0 Å². The van der Waals surface area contributed by atoms with Crippen molar-refractivity contribution in [1.29, 1.82) is 0 Å². The molecule has 0 saturated carbocycles. The third-order valence-corrected chi connectivity index (χ3v) is 4.57. The number of hydrogen-bond donors (Lipinski definition) is 1.